The van der Waals surface area contributed by atoms with E-state index < -0.39 is 0 Å². The summed E-state index contributed by atoms with van der Waals surface area (Å²) in [6, 6.07) is 0. The highest BCUT2D eigenvalue weighted by atomic mass is 15.1. The molecule has 0 atom stereocenters. The van der Waals surface area contributed by atoms with Crippen molar-refractivity contribution >= 4 is 0 Å². The molecule has 0 N–H and O–H groups in total. The Morgan fingerprint density at radius 3 is 1.82 bits per heavy atom. The number of nitrogens with zero attached hydrogens (tertiary/aromatic N) is 2. The maximum absolute atomic E-state index is 2.81. The van der Waals surface area contributed by atoms with Crippen LogP contribution >= 0.6 is 0 Å². The highest BCUT2D eigenvalue weighted by Crippen LogP contribution is 2.41. The van der Waals surface area contributed by atoms with Crippen LogP contribution in [0.2, 0.25) is 0 Å². The van der Waals surface area contributed by atoms with Gasteiger partial charge in [-0.3, -0.25) is 0 Å². The van der Waals surface area contributed by atoms with Crippen molar-refractivity contribution < 1.29 is 0 Å². The first-order chi connectivity index (χ1) is 10.7. The highest BCUT2D eigenvalue weighted by molar-refractivity contribution is 4.90. The van der Waals surface area contributed by atoms with Crippen molar-refractivity contribution in [2.75, 3.05) is 39.8 Å². The molecule has 2 fully saturated rings. The average Bonchev–Trinajstić information content (AvgIpc) is 2.55. The summed E-state index contributed by atoms with van der Waals surface area (Å²) in [5, 5.41) is 0. The molecule has 0 bridgehead atoms. The molecule has 0 unspecified atom stereocenters. The highest BCUT2D eigenvalue weighted by Gasteiger charge is 2.36. The van der Waals surface area contributed by atoms with Gasteiger partial charge in [-0.2, -0.15) is 0 Å². The van der Waals surface area contributed by atoms with Gasteiger partial charge in [0.15, 0.2) is 0 Å². The van der Waals surface area contributed by atoms with Gasteiger partial charge in [0.2, 0.25) is 0 Å². The molecule has 2 rings (SSSR count). The third-order valence-corrected chi connectivity index (χ3v) is 6.41. The Kier molecular flexibility index (Phi) is 7.70. The lowest BCUT2D eigenvalue weighted by Gasteiger charge is -2.46. The number of likely N-dealkylation sites (tertiary alicyclic amines) is 2. The van der Waals surface area contributed by atoms with E-state index in [1.54, 1.807) is 0 Å². The molecular weight excluding hydrogens is 268 g/mol. The molecule has 2 aliphatic rings. The molecule has 0 aromatic carbocycles. The standard InChI is InChI=1S/C20H40N2/c1-4-6-8-19(9-7-5-2)18-22-16-12-20(13-17-22)10-14-21(3)15-11-20/h19H,4-18H2,1-3H3. The zero-order valence-corrected chi connectivity index (χ0v) is 15.6. The van der Waals surface area contributed by atoms with Crippen LogP contribution in [0.15, 0.2) is 0 Å². The van der Waals surface area contributed by atoms with Gasteiger partial charge in [-0.15, -0.1) is 0 Å². The molecule has 22 heavy (non-hydrogen) atoms. The molecule has 0 amide bonds. The minimum Gasteiger partial charge on any atom is -0.306 e. The van der Waals surface area contributed by atoms with E-state index in [9.17, 15) is 0 Å². The fourth-order valence-corrected chi connectivity index (χ4v) is 4.48. The van der Waals surface area contributed by atoms with E-state index >= 15 is 0 Å². The van der Waals surface area contributed by atoms with Gasteiger partial charge in [-0.1, -0.05) is 39.5 Å². The maximum Gasteiger partial charge on any atom is 0.000966 e. The summed E-state index contributed by atoms with van der Waals surface area (Å²) in [5.41, 5.74) is 0.714. The van der Waals surface area contributed by atoms with Gasteiger partial charge in [-0.25, -0.2) is 0 Å². The largest absolute Gasteiger partial charge is 0.306 e. The molecule has 1 spiro atoms. The Hall–Kier alpha value is -0.0800. The SMILES string of the molecule is CCCCC(CCCC)CN1CCC2(CCN(C)CC2)CC1. The second-order valence-corrected chi connectivity index (χ2v) is 8.25. The fraction of sp³-hybridized carbons (Fsp3) is 1.00. The van der Waals surface area contributed by atoms with Gasteiger partial charge in [-0.05, 0) is 83.1 Å². The van der Waals surface area contributed by atoms with Crippen LogP contribution in [0.4, 0.5) is 0 Å². The number of rotatable bonds is 8. The molecule has 2 heterocycles. The Labute approximate surface area is 139 Å². The maximum atomic E-state index is 2.81. The lowest BCUT2D eigenvalue weighted by Crippen LogP contribution is -2.46. The predicted molar refractivity (Wildman–Crippen MR) is 97.4 cm³/mol. The second kappa shape index (κ2) is 9.27. The van der Waals surface area contributed by atoms with Gasteiger partial charge in [0.25, 0.3) is 0 Å². The summed E-state index contributed by atoms with van der Waals surface area (Å²) < 4.78 is 0. The first-order valence-electron chi connectivity index (χ1n) is 10.1. The number of hydrogen-bond acceptors (Lipinski definition) is 2. The van der Waals surface area contributed by atoms with Crippen LogP contribution in [0.1, 0.15) is 78.1 Å². The van der Waals surface area contributed by atoms with Crippen molar-refractivity contribution in [1.82, 2.24) is 9.80 Å². The Balaban J connectivity index is 1.74. The van der Waals surface area contributed by atoms with E-state index in [4.69, 9.17) is 0 Å². The average molecular weight is 309 g/mol. The molecule has 2 aliphatic heterocycles. The summed E-state index contributed by atoms with van der Waals surface area (Å²) in [6.07, 6.45) is 14.3. The Morgan fingerprint density at radius 2 is 1.32 bits per heavy atom. The van der Waals surface area contributed by atoms with Crippen molar-refractivity contribution in [2.24, 2.45) is 11.3 Å². The van der Waals surface area contributed by atoms with Crippen LogP contribution in [0.25, 0.3) is 0 Å². The third-order valence-electron chi connectivity index (χ3n) is 6.41. The van der Waals surface area contributed by atoms with Crippen LogP contribution < -0.4 is 0 Å². The van der Waals surface area contributed by atoms with E-state index in [1.165, 1.54) is 96.9 Å². The monoisotopic (exact) mass is 308 g/mol. The van der Waals surface area contributed by atoms with Crippen molar-refractivity contribution in [1.29, 1.82) is 0 Å². The predicted octanol–water partition coefficient (Wildman–Crippen LogP) is 4.79. The Morgan fingerprint density at radius 1 is 0.818 bits per heavy atom. The zero-order valence-electron chi connectivity index (χ0n) is 15.6. The van der Waals surface area contributed by atoms with Crippen molar-refractivity contribution in [3.8, 4) is 0 Å². The molecule has 0 aromatic heterocycles. The van der Waals surface area contributed by atoms with E-state index in [2.05, 4.69) is 30.7 Å². The van der Waals surface area contributed by atoms with Gasteiger partial charge in [0.05, 0.1) is 0 Å². The summed E-state index contributed by atoms with van der Waals surface area (Å²) >= 11 is 0. The van der Waals surface area contributed by atoms with E-state index in [1.807, 2.05) is 0 Å². The van der Waals surface area contributed by atoms with Gasteiger partial charge in [0.1, 0.15) is 0 Å². The minimum absolute atomic E-state index is 0.714. The number of unbranched alkanes of at least 4 members (excludes halogenated alkanes) is 2. The number of piperidine rings is 2. The molecule has 2 heteroatoms. The first-order valence-corrected chi connectivity index (χ1v) is 10.1. The number of hydrogen-bond donors (Lipinski definition) is 0. The lowest BCUT2D eigenvalue weighted by atomic mass is 9.71. The smallest absolute Gasteiger partial charge is 0.000966 e. The van der Waals surface area contributed by atoms with Gasteiger partial charge < -0.3 is 9.80 Å². The second-order valence-electron chi connectivity index (χ2n) is 8.25. The minimum atomic E-state index is 0.714. The van der Waals surface area contributed by atoms with Crippen LogP contribution in [-0.4, -0.2) is 49.6 Å². The normalized spacial score (nSPS) is 23.5. The molecule has 2 saturated heterocycles. The van der Waals surface area contributed by atoms with Crippen molar-refractivity contribution in [2.45, 2.75) is 78.1 Å². The van der Waals surface area contributed by atoms with E-state index in [-0.39, 0.29) is 0 Å². The van der Waals surface area contributed by atoms with Crippen LogP contribution in [0, 0.1) is 11.3 Å². The summed E-state index contributed by atoms with van der Waals surface area (Å²) in [6.45, 7) is 11.5. The van der Waals surface area contributed by atoms with Gasteiger partial charge >= 0.3 is 0 Å². The summed E-state index contributed by atoms with van der Waals surface area (Å²) in [5.74, 6) is 0.964. The fourth-order valence-electron chi connectivity index (χ4n) is 4.48. The Bertz CT molecular complexity index is 276. The molecule has 0 radical (unpaired) electrons. The molecule has 0 aromatic rings. The van der Waals surface area contributed by atoms with Gasteiger partial charge in [0, 0.05) is 6.54 Å². The zero-order chi connectivity index (χ0) is 15.8. The molecule has 130 valence electrons. The first kappa shape index (κ1) is 18.3. The molecular formula is C20H40N2. The van der Waals surface area contributed by atoms with Crippen LogP contribution in [0.5, 0.6) is 0 Å². The molecule has 2 nitrogen and oxygen atoms in total. The van der Waals surface area contributed by atoms with E-state index in [0.717, 1.165) is 5.92 Å². The van der Waals surface area contributed by atoms with E-state index in [0.29, 0.717) is 5.41 Å². The molecule has 0 saturated carbocycles. The van der Waals surface area contributed by atoms with Crippen molar-refractivity contribution in [3.05, 3.63) is 0 Å². The van der Waals surface area contributed by atoms with Crippen LogP contribution in [-0.2, 0) is 0 Å². The molecule has 0 aliphatic carbocycles. The summed E-state index contributed by atoms with van der Waals surface area (Å²) in [7, 11) is 2.29. The van der Waals surface area contributed by atoms with Crippen molar-refractivity contribution in [3.63, 3.8) is 0 Å². The van der Waals surface area contributed by atoms with Crippen LogP contribution in [0.3, 0.4) is 0 Å². The topological polar surface area (TPSA) is 6.48 Å². The summed E-state index contributed by atoms with van der Waals surface area (Å²) in [4.78, 5) is 5.32. The third kappa shape index (κ3) is 5.53. The lowest BCUT2D eigenvalue weighted by molar-refractivity contribution is 0.0359. The quantitative estimate of drug-likeness (QED) is 0.636.